The van der Waals surface area contributed by atoms with Crippen molar-refractivity contribution >= 4 is 11.9 Å². The maximum absolute atomic E-state index is 13.9. The number of piperidine rings is 1. The Morgan fingerprint density at radius 2 is 1.82 bits per heavy atom. The Morgan fingerprint density at radius 1 is 1.07 bits per heavy atom. The van der Waals surface area contributed by atoms with E-state index in [1.165, 1.54) is 12.1 Å². The molecule has 3 aliphatic rings. The van der Waals surface area contributed by atoms with Gasteiger partial charge in [0.25, 0.3) is 5.91 Å². The first-order valence-corrected chi connectivity index (χ1v) is 10.2. The lowest BCUT2D eigenvalue weighted by Gasteiger charge is -2.33. The van der Waals surface area contributed by atoms with Crippen LogP contribution in [0.2, 0.25) is 0 Å². The summed E-state index contributed by atoms with van der Waals surface area (Å²) in [6, 6.07) is 6.90. The van der Waals surface area contributed by atoms with Crippen molar-refractivity contribution < 1.29 is 9.18 Å². The molecule has 2 atom stereocenters. The van der Waals surface area contributed by atoms with Crippen LogP contribution in [0.4, 0.5) is 10.3 Å². The number of fused-ring (bicyclic) bond motifs is 2. The van der Waals surface area contributed by atoms with E-state index in [9.17, 15) is 9.18 Å². The average molecular weight is 380 g/mol. The van der Waals surface area contributed by atoms with Gasteiger partial charge in [0, 0.05) is 42.6 Å². The van der Waals surface area contributed by atoms with Crippen LogP contribution in [0, 0.1) is 25.6 Å². The average Bonchev–Trinajstić information content (AvgIpc) is 3.45. The first-order valence-electron chi connectivity index (χ1n) is 10.2. The predicted molar refractivity (Wildman–Crippen MR) is 105 cm³/mol. The number of benzene rings is 1. The summed E-state index contributed by atoms with van der Waals surface area (Å²) < 4.78 is 13.9. The summed E-state index contributed by atoms with van der Waals surface area (Å²) in [6.45, 7) is 6.21. The summed E-state index contributed by atoms with van der Waals surface area (Å²) in [5, 5.41) is 0. The fraction of sp³-hybridized carbons (Fsp3) is 0.500. The number of hydrogen-bond acceptors (Lipinski definition) is 4. The highest BCUT2D eigenvalue weighted by Crippen LogP contribution is 2.42. The molecule has 2 saturated heterocycles. The molecule has 1 aromatic heterocycles. The molecule has 0 radical (unpaired) electrons. The van der Waals surface area contributed by atoms with Crippen molar-refractivity contribution in [2.24, 2.45) is 5.92 Å². The molecule has 5 rings (SSSR count). The first kappa shape index (κ1) is 17.6. The zero-order valence-corrected chi connectivity index (χ0v) is 16.4. The van der Waals surface area contributed by atoms with Gasteiger partial charge in [-0.2, -0.15) is 0 Å². The number of halogens is 1. The fourth-order valence-electron chi connectivity index (χ4n) is 4.84. The Hall–Kier alpha value is -2.50. The highest BCUT2D eigenvalue weighted by Gasteiger charge is 2.42. The van der Waals surface area contributed by atoms with Crippen molar-refractivity contribution in [3.63, 3.8) is 0 Å². The van der Waals surface area contributed by atoms with Gasteiger partial charge in [-0.25, -0.2) is 14.4 Å². The van der Waals surface area contributed by atoms with E-state index in [-0.39, 0.29) is 17.8 Å². The van der Waals surface area contributed by atoms with E-state index >= 15 is 0 Å². The lowest BCUT2D eigenvalue weighted by molar-refractivity contribution is 0.0692. The molecule has 0 N–H and O–H groups in total. The SMILES string of the molecule is Cc1cc(C)nc(N2CC3CC2CN(C(=O)c2cc(F)ccc2C2CC2)C3)n1. The van der Waals surface area contributed by atoms with E-state index in [4.69, 9.17) is 0 Å². The molecule has 6 heteroatoms. The second-order valence-corrected chi connectivity index (χ2v) is 8.57. The summed E-state index contributed by atoms with van der Waals surface area (Å²) in [6.07, 6.45) is 3.24. The van der Waals surface area contributed by atoms with Crippen molar-refractivity contribution in [2.45, 2.75) is 45.1 Å². The minimum Gasteiger partial charge on any atom is -0.336 e. The van der Waals surface area contributed by atoms with Gasteiger partial charge in [0.05, 0.1) is 0 Å². The number of carbonyl (C=O) groups excluding carboxylic acids is 1. The lowest BCUT2D eigenvalue weighted by Crippen LogP contribution is -2.45. The van der Waals surface area contributed by atoms with Crippen LogP contribution in [0.15, 0.2) is 24.3 Å². The molecule has 2 unspecified atom stereocenters. The standard InChI is InChI=1S/C22H25FN4O/c1-13-7-14(2)25-22(24-13)27-11-15-8-18(27)12-26(10-15)21(28)20-9-17(23)5-6-19(20)16-3-4-16/h5-7,9,15-16,18H,3-4,8,10-12H2,1-2H3. The largest absolute Gasteiger partial charge is 0.336 e. The molecule has 3 fully saturated rings. The highest BCUT2D eigenvalue weighted by atomic mass is 19.1. The maximum Gasteiger partial charge on any atom is 0.254 e. The second-order valence-electron chi connectivity index (χ2n) is 8.57. The number of nitrogens with zero attached hydrogens (tertiary/aromatic N) is 4. The zero-order chi connectivity index (χ0) is 19.4. The van der Waals surface area contributed by atoms with Gasteiger partial charge in [-0.3, -0.25) is 4.79 Å². The van der Waals surface area contributed by atoms with Gasteiger partial charge in [-0.15, -0.1) is 0 Å². The van der Waals surface area contributed by atoms with Crippen LogP contribution in [0.1, 0.15) is 52.5 Å². The molecular formula is C22H25FN4O. The van der Waals surface area contributed by atoms with Crippen LogP contribution < -0.4 is 4.90 Å². The van der Waals surface area contributed by atoms with Gasteiger partial charge in [0.1, 0.15) is 5.82 Å². The number of amides is 1. The Morgan fingerprint density at radius 3 is 2.54 bits per heavy atom. The molecule has 1 aromatic carbocycles. The molecule has 1 saturated carbocycles. The Kier molecular flexibility index (Phi) is 4.11. The molecule has 0 spiro atoms. The topological polar surface area (TPSA) is 49.3 Å². The third-order valence-corrected chi connectivity index (χ3v) is 6.19. The third-order valence-electron chi connectivity index (χ3n) is 6.19. The van der Waals surface area contributed by atoms with Crippen LogP contribution in [0.25, 0.3) is 0 Å². The van der Waals surface area contributed by atoms with Gasteiger partial charge in [0.2, 0.25) is 5.95 Å². The van der Waals surface area contributed by atoms with Gasteiger partial charge in [0.15, 0.2) is 0 Å². The summed E-state index contributed by atoms with van der Waals surface area (Å²) in [7, 11) is 0. The summed E-state index contributed by atoms with van der Waals surface area (Å²) in [5.74, 6) is 1.23. The number of carbonyl (C=O) groups is 1. The molecule has 3 heterocycles. The molecular weight excluding hydrogens is 355 g/mol. The smallest absolute Gasteiger partial charge is 0.254 e. The summed E-state index contributed by atoms with van der Waals surface area (Å²) in [4.78, 5) is 26.7. The summed E-state index contributed by atoms with van der Waals surface area (Å²) in [5.41, 5.74) is 3.49. The number of aryl methyl sites for hydroxylation is 2. The number of anilines is 1. The van der Waals surface area contributed by atoms with Crippen LogP contribution in [0.5, 0.6) is 0 Å². The van der Waals surface area contributed by atoms with Crippen molar-refractivity contribution in [3.8, 4) is 0 Å². The zero-order valence-electron chi connectivity index (χ0n) is 16.4. The second kappa shape index (κ2) is 6.54. The molecule has 146 valence electrons. The monoisotopic (exact) mass is 380 g/mol. The Bertz CT molecular complexity index is 922. The molecule has 2 aliphatic heterocycles. The van der Waals surface area contributed by atoms with Crippen molar-refractivity contribution in [3.05, 3.63) is 52.6 Å². The van der Waals surface area contributed by atoms with E-state index in [1.807, 2.05) is 24.8 Å². The molecule has 1 amide bonds. The molecule has 2 aromatic rings. The van der Waals surface area contributed by atoms with Crippen LogP contribution in [-0.2, 0) is 0 Å². The Labute approximate surface area is 164 Å². The van der Waals surface area contributed by atoms with Crippen LogP contribution >= 0.6 is 0 Å². The third kappa shape index (κ3) is 3.15. The minimum atomic E-state index is -0.335. The van der Waals surface area contributed by atoms with Crippen molar-refractivity contribution in [2.75, 3.05) is 24.5 Å². The molecule has 5 nitrogen and oxygen atoms in total. The van der Waals surface area contributed by atoms with E-state index in [0.717, 1.165) is 55.3 Å². The quantitative estimate of drug-likeness (QED) is 0.818. The first-order chi connectivity index (χ1) is 13.5. The van der Waals surface area contributed by atoms with Gasteiger partial charge in [-0.1, -0.05) is 6.07 Å². The van der Waals surface area contributed by atoms with Crippen LogP contribution in [0.3, 0.4) is 0 Å². The predicted octanol–water partition coefficient (Wildman–Crippen LogP) is 3.46. The number of likely N-dealkylation sites (tertiary alicyclic amines) is 1. The van der Waals surface area contributed by atoms with Gasteiger partial charge < -0.3 is 9.80 Å². The van der Waals surface area contributed by atoms with E-state index in [2.05, 4.69) is 14.9 Å². The number of rotatable bonds is 3. The lowest BCUT2D eigenvalue weighted by atomic mass is 9.97. The molecule has 2 bridgehead atoms. The van der Waals surface area contributed by atoms with Gasteiger partial charge in [-0.05, 0) is 68.7 Å². The summed E-state index contributed by atoms with van der Waals surface area (Å²) >= 11 is 0. The van der Waals surface area contributed by atoms with Gasteiger partial charge >= 0.3 is 0 Å². The molecule has 28 heavy (non-hydrogen) atoms. The number of aromatic nitrogens is 2. The van der Waals surface area contributed by atoms with E-state index < -0.39 is 0 Å². The fourth-order valence-corrected chi connectivity index (χ4v) is 4.84. The minimum absolute atomic E-state index is 0.0284. The normalized spacial score (nSPS) is 24.0. The highest BCUT2D eigenvalue weighted by molar-refractivity contribution is 5.96. The van der Waals surface area contributed by atoms with E-state index in [0.29, 0.717) is 23.9 Å². The maximum atomic E-state index is 13.9. The van der Waals surface area contributed by atoms with Crippen LogP contribution in [-0.4, -0.2) is 46.5 Å². The molecule has 1 aliphatic carbocycles. The van der Waals surface area contributed by atoms with Crippen molar-refractivity contribution in [1.82, 2.24) is 14.9 Å². The van der Waals surface area contributed by atoms with E-state index in [1.54, 1.807) is 6.07 Å². The Balaban J connectivity index is 1.40. The number of hydrogen-bond donors (Lipinski definition) is 0. The van der Waals surface area contributed by atoms with Crippen molar-refractivity contribution in [1.29, 1.82) is 0 Å².